The Labute approximate surface area is 74.9 Å². The zero-order valence-electron chi connectivity index (χ0n) is 7.01. The first-order valence-corrected chi connectivity index (χ1v) is 4.07. The molecule has 1 aliphatic rings. The molecular weight excluding hydrogens is 172 g/mol. The van der Waals surface area contributed by atoms with E-state index in [1.807, 2.05) is 0 Å². The van der Waals surface area contributed by atoms with Crippen molar-refractivity contribution >= 4 is 5.91 Å². The number of hydrogen-bond donors (Lipinski definition) is 1. The third-order valence-corrected chi connectivity index (χ3v) is 1.85. The van der Waals surface area contributed by atoms with Crippen LogP contribution >= 0.6 is 0 Å². The van der Waals surface area contributed by atoms with Gasteiger partial charge in [-0.1, -0.05) is 0 Å². The summed E-state index contributed by atoms with van der Waals surface area (Å²) in [5.41, 5.74) is 2.62. The highest BCUT2D eigenvalue weighted by Crippen LogP contribution is 2.13. The van der Waals surface area contributed by atoms with Gasteiger partial charge in [0.2, 0.25) is 5.91 Å². The Balaban J connectivity index is 1.78. The van der Waals surface area contributed by atoms with Crippen LogP contribution in [0, 0.1) is 5.92 Å². The second-order valence-electron chi connectivity index (χ2n) is 3.01. The summed E-state index contributed by atoms with van der Waals surface area (Å²) in [5, 5.41) is 7.12. The van der Waals surface area contributed by atoms with E-state index in [1.54, 1.807) is 0 Å². The zero-order valence-corrected chi connectivity index (χ0v) is 7.01. The predicted octanol–water partition coefficient (Wildman–Crippen LogP) is -0.615. The molecule has 0 aromatic carbocycles. The Kier molecular flexibility index (Phi) is 2.22. The van der Waals surface area contributed by atoms with E-state index in [1.165, 1.54) is 17.3 Å². The maximum absolute atomic E-state index is 11.3. The van der Waals surface area contributed by atoms with Crippen LogP contribution in [0.5, 0.6) is 0 Å². The largest absolute Gasteiger partial charge is 0.381 e. The molecule has 0 aliphatic carbocycles. The first-order chi connectivity index (χ1) is 6.34. The molecule has 1 aromatic heterocycles. The van der Waals surface area contributed by atoms with Gasteiger partial charge in [-0.3, -0.25) is 10.2 Å². The Morgan fingerprint density at radius 2 is 2.23 bits per heavy atom. The second-order valence-corrected chi connectivity index (χ2v) is 3.01. The van der Waals surface area contributed by atoms with E-state index in [0.29, 0.717) is 25.6 Å². The molecule has 13 heavy (non-hydrogen) atoms. The second kappa shape index (κ2) is 3.53. The van der Waals surface area contributed by atoms with Gasteiger partial charge in [-0.2, -0.15) is 0 Å². The molecule has 0 saturated carbocycles. The van der Waals surface area contributed by atoms with Crippen LogP contribution in [-0.4, -0.2) is 34.0 Å². The smallest absolute Gasteiger partial charge is 0.239 e. The summed E-state index contributed by atoms with van der Waals surface area (Å²) in [4.78, 5) is 11.3. The van der Waals surface area contributed by atoms with Crippen LogP contribution in [0.1, 0.15) is 6.42 Å². The van der Waals surface area contributed by atoms with Crippen molar-refractivity contribution in [1.82, 2.24) is 14.9 Å². The van der Waals surface area contributed by atoms with Crippen molar-refractivity contribution in [1.29, 1.82) is 0 Å². The molecule has 1 saturated heterocycles. The van der Waals surface area contributed by atoms with Crippen LogP contribution in [0.2, 0.25) is 0 Å². The monoisotopic (exact) mass is 182 g/mol. The minimum atomic E-state index is -0.0342. The number of hydrogen-bond acceptors (Lipinski definition) is 4. The molecule has 70 valence electrons. The third-order valence-electron chi connectivity index (χ3n) is 1.85. The van der Waals surface area contributed by atoms with Crippen molar-refractivity contribution in [2.45, 2.75) is 6.42 Å². The molecule has 2 rings (SSSR count). The van der Waals surface area contributed by atoms with Crippen LogP contribution < -0.4 is 5.43 Å². The predicted molar refractivity (Wildman–Crippen MR) is 43.3 cm³/mol. The molecular formula is C7H10N4O2. The Morgan fingerprint density at radius 1 is 1.54 bits per heavy atom. The van der Waals surface area contributed by atoms with Crippen molar-refractivity contribution in [3.63, 3.8) is 0 Å². The summed E-state index contributed by atoms with van der Waals surface area (Å²) < 4.78 is 6.39. The van der Waals surface area contributed by atoms with Gasteiger partial charge in [0.15, 0.2) is 0 Å². The van der Waals surface area contributed by atoms with Gasteiger partial charge in [-0.15, -0.1) is 10.2 Å². The molecule has 1 aliphatic heterocycles. The molecule has 0 bridgehead atoms. The van der Waals surface area contributed by atoms with E-state index < -0.39 is 0 Å². The van der Waals surface area contributed by atoms with Gasteiger partial charge in [0.25, 0.3) is 0 Å². The number of ether oxygens (including phenoxy) is 1. The van der Waals surface area contributed by atoms with E-state index >= 15 is 0 Å². The third kappa shape index (κ3) is 2.03. The summed E-state index contributed by atoms with van der Waals surface area (Å²) in [6.45, 7) is 1.38. The lowest BCUT2D eigenvalue weighted by atomic mass is 10.0. The van der Waals surface area contributed by atoms with Gasteiger partial charge in [0.1, 0.15) is 12.7 Å². The SMILES string of the molecule is O=C(CC1COC1)Nn1cnnc1. The summed E-state index contributed by atoms with van der Waals surface area (Å²) in [5.74, 6) is 0.338. The van der Waals surface area contributed by atoms with E-state index in [0.717, 1.165) is 0 Å². The first kappa shape index (κ1) is 8.18. The standard InChI is InChI=1S/C7H10N4O2/c12-7(1-6-2-13-3-6)10-11-4-8-9-5-11/h4-6H,1-3H2,(H,10,12). The maximum atomic E-state index is 11.3. The molecule has 1 N–H and O–H groups in total. The zero-order chi connectivity index (χ0) is 9.10. The molecule has 6 nitrogen and oxygen atoms in total. The van der Waals surface area contributed by atoms with Gasteiger partial charge in [0, 0.05) is 12.3 Å². The lowest BCUT2D eigenvalue weighted by Crippen LogP contribution is -2.33. The number of rotatable bonds is 3. The molecule has 1 fully saturated rings. The summed E-state index contributed by atoms with van der Waals surface area (Å²) in [7, 11) is 0. The Hall–Kier alpha value is -1.43. The number of amides is 1. The molecule has 1 amide bonds. The van der Waals surface area contributed by atoms with E-state index in [9.17, 15) is 4.79 Å². The van der Waals surface area contributed by atoms with Crippen molar-refractivity contribution in [2.75, 3.05) is 18.6 Å². The summed E-state index contributed by atoms with van der Waals surface area (Å²) in [6, 6.07) is 0. The van der Waals surface area contributed by atoms with Crippen LogP contribution in [-0.2, 0) is 9.53 Å². The fourth-order valence-electron chi connectivity index (χ4n) is 1.11. The van der Waals surface area contributed by atoms with E-state index in [-0.39, 0.29) is 5.91 Å². The number of carbonyl (C=O) groups excluding carboxylic acids is 1. The molecule has 0 atom stereocenters. The van der Waals surface area contributed by atoms with Gasteiger partial charge >= 0.3 is 0 Å². The maximum Gasteiger partial charge on any atom is 0.239 e. The lowest BCUT2D eigenvalue weighted by Gasteiger charge is -2.24. The highest BCUT2D eigenvalue weighted by atomic mass is 16.5. The molecule has 0 spiro atoms. The fourth-order valence-corrected chi connectivity index (χ4v) is 1.11. The fraction of sp³-hybridized carbons (Fsp3) is 0.571. The minimum Gasteiger partial charge on any atom is -0.381 e. The number of aromatic nitrogens is 3. The average Bonchev–Trinajstić information content (AvgIpc) is 2.49. The number of nitrogens with zero attached hydrogens (tertiary/aromatic N) is 3. The van der Waals surface area contributed by atoms with Crippen molar-refractivity contribution in [3.8, 4) is 0 Å². The van der Waals surface area contributed by atoms with Crippen LogP contribution in [0.3, 0.4) is 0 Å². The van der Waals surface area contributed by atoms with Gasteiger partial charge in [0.05, 0.1) is 13.2 Å². The van der Waals surface area contributed by atoms with Crippen molar-refractivity contribution < 1.29 is 9.53 Å². The molecule has 1 aromatic rings. The lowest BCUT2D eigenvalue weighted by molar-refractivity contribution is -0.122. The molecule has 6 heteroatoms. The van der Waals surface area contributed by atoms with Crippen molar-refractivity contribution in [3.05, 3.63) is 12.7 Å². The average molecular weight is 182 g/mol. The number of nitrogens with one attached hydrogen (secondary N) is 1. The molecule has 0 radical (unpaired) electrons. The van der Waals surface area contributed by atoms with Crippen LogP contribution in [0.15, 0.2) is 12.7 Å². The first-order valence-electron chi connectivity index (χ1n) is 4.07. The van der Waals surface area contributed by atoms with Crippen LogP contribution in [0.25, 0.3) is 0 Å². The van der Waals surface area contributed by atoms with Crippen molar-refractivity contribution in [2.24, 2.45) is 5.92 Å². The normalized spacial score (nSPS) is 16.6. The summed E-state index contributed by atoms with van der Waals surface area (Å²) >= 11 is 0. The number of carbonyl (C=O) groups is 1. The Bertz CT molecular complexity index is 281. The van der Waals surface area contributed by atoms with Gasteiger partial charge in [-0.25, -0.2) is 4.68 Å². The molecule has 2 heterocycles. The highest BCUT2D eigenvalue weighted by molar-refractivity contribution is 5.83. The van der Waals surface area contributed by atoms with Gasteiger partial charge in [-0.05, 0) is 0 Å². The van der Waals surface area contributed by atoms with Crippen LogP contribution in [0.4, 0.5) is 0 Å². The Morgan fingerprint density at radius 3 is 2.77 bits per heavy atom. The van der Waals surface area contributed by atoms with Gasteiger partial charge < -0.3 is 4.74 Å². The van der Waals surface area contributed by atoms with E-state index in [2.05, 4.69) is 15.6 Å². The quantitative estimate of drug-likeness (QED) is 0.676. The highest BCUT2D eigenvalue weighted by Gasteiger charge is 2.21. The topological polar surface area (TPSA) is 69.0 Å². The molecule has 0 unspecified atom stereocenters. The van der Waals surface area contributed by atoms with E-state index in [4.69, 9.17) is 4.74 Å². The summed E-state index contributed by atoms with van der Waals surface area (Å²) in [6.07, 6.45) is 3.38. The minimum absolute atomic E-state index is 0.0342.